The molecule has 8 nitrogen and oxygen atoms in total. The lowest BCUT2D eigenvalue weighted by Gasteiger charge is -2.32. The third-order valence-corrected chi connectivity index (χ3v) is 9.18. The Morgan fingerprint density at radius 1 is 1.00 bits per heavy atom. The Labute approximate surface area is 172 Å². The molecule has 168 valence electrons. The standard InChI is InChI=1S/C15H24ClF3N2O6P2/c1-5-24-28(22,25-6-2)14(29(23,26-7-3)27-8-4)21-13-12(16)9-11(10-20-13)15(17,18)19/h9-10,14H,5-8H2,1-4H3,(H,20,21). The zero-order valence-corrected chi connectivity index (χ0v) is 18.9. The number of pyridine rings is 1. The summed E-state index contributed by atoms with van der Waals surface area (Å²) in [5.41, 5.74) is -2.79. The van der Waals surface area contributed by atoms with Crippen molar-refractivity contribution in [3.63, 3.8) is 0 Å². The summed E-state index contributed by atoms with van der Waals surface area (Å²) in [7, 11) is -8.37. The van der Waals surface area contributed by atoms with Crippen LogP contribution in [0.25, 0.3) is 0 Å². The molecule has 1 aromatic heterocycles. The molecule has 29 heavy (non-hydrogen) atoms. The lowest BCUT2D eigenvalue weighted by molar-refractivity contribution is -0.137. The van der Waals surface area contributed by atoms with Crippen molar-refractivity contribution < 1.29 is 40.4 Å². The van der Waals surface area contributed by atoms with Crippen molar-refractivity contribution in [3.05, 3.63) is 22.8 Å². The van der Waals surface area contributed by atoms with Crippen molar-refractivity contribution in [2.45, 2.75) is 39.4 Å². The summed E-state index contributed by atoms with van der Waals surface area (Å²) in [6.07, 6.45) is -4.13. The predicted molar refractivity (Wildman–Crippen MR) is 103 cm³/mol. The SMILES string of the molecule is CCOP(=O)(OCC)C(Nc1ncc(C(F)(F)F)cc1Cl)P(=O)(OCC)OCC. The first kappa shape index (κ1) is 26.4. The molecule has 0 amide bonds. The number of anilines is 1. The first-order chi connectivity index (χ1) is 13.5. The molecular weight excluding hydrogens is 459 g/mol. The van der Waals surface area contributed by atoms with Gasteiger partial charge in [-0.15, -0.1) is 0 Å². The Bertz CT molecular complexity index is 718. The molecule has 0 aliphatic heterocycles. The maximum absolute atomic E-state index is 13.4. The van der Waals surface area contributed by atoms with E-state index in [0.29, 0.717) is 12.3 Å². The molecule has 0 fully saturated rings. The average molecular weight is 483 g/mol. The van der Waals surface area contributed by atoms with Crippen LogP contribution in [0.3, 0.4) is 0 Å². The normalized spacial score (nSPS) is 13.1. The van der Waals surface area contributed by atoms with E-state index in [1.807, 2.05) is 0 Å². The predicted octanol–water partition coefficient (Wildman–Crippen LogP) is 5.98. The van der Waals surface area contributed by atoms with Crippen LogP contribution in [0.15, 0.2) is 12.3 Å². The summed E-state index contributed by atoms with van der Waals surface area (Å²) in [5.74, 6) is -0.316. The van der Waals surface area contributed by atoms with Gasteiger partial charge in [-0.1, -0.05) is 11.6 Å². The van der Waals surface area contributed by atoms with Crippen molar-refractivity contribution in [2.75, 3.05) is 31.7 Å². The van der Waals surface area contributed by atoms with E-state index in [9.17, 15) is 22.3 Å². The number of hydrogen-bond donors (Lipinski definition) is 1. The topological polar surface area (TPSA) is 96.0 Å². The first-order valence-electron chi connectivity index (χ1n) is 8.74. The summed E-state index contributed by atoms with van der Waals surface area (Å²) in [4.78, 5) is 3.62. The third kappa shape index (κ3) is 6.92. The number of rotatable bonds is 12. The minimum Gasteiger partial charge on any atom is -0.345 e. The van der Waals surface area contributed by atoms with E-state index >= 15 is 0 Å². The van der Waals surface area contributed by atoms with Crippen LogP contribution < -0.4 is 5.32 Å². The number of alkyl halides is 3. The molecule has 1 heterocycles. The molecular formula is C15H24ClF3N2O6P2. The second kappa shape index (κ2) is 11.1. The Morgan fingerprint density at radius 3 is 1.72 bits per heavy atom. The van der Waals surface area contributed by atoms with Crippen LogP contribution in [0.1, 0.15) is 33.3 Å². The molecule has 0 spiro atoms. The maximum Gasteiger partial charge on any atom is 0.417 e. The van der Waals surface area contributed by atoms with E-state index in [4.69, 9.17) is 29.7 Å². The van der Waals surface area contributed by atoms with Gasteiger partial charge in [-0.25, -0.2) is 4.98 Å². The fourth-order valence-electron chi connectivity index (χ4n) is 2.23. The lowest BCUT2D eigenvalue weighted by Crippen LogP contribution is -2.26. The molecule has 1 rings (SSSR count). The zero-order chi connectivity index (χ0) is 22.3. The van der Waals surface area contributed by atoms with E-state index in [0.717, 1.165) is 0 Å². The van der Waals surface area contributed by atoms with Crippen molar-refractivity contribution in [1.82, 2.24) is 4.98 Å². The van der Waals surface area contributed by atoms with E-state index in [-0.39, 0.29) is 32.2 Å². The summed E-state index contributed by atoms with van der Waals surface area (Å²) in [5, 5.41) is 2.07. The van der Waals surface area contributed by atoms with Gasteiger partial charge in [0.1, 0.15) is 5.82 Å². The number of nitrogens with one attached hydrogen (secondary N) is 1. The fraction of sp³-hybridized carbons (Fsp3) is 0.667. The molecule has 0 saturated carbocycles. The van der Waals surface area contributed by atoms with Gasteiger partial charge in [-0.3, -0.25) is 9.13 Å². The highest BCUT2D eigenvalue weighted by Gasteiger charge is 2.51. The molecule has 1 N–H and O–H groups in total. The summed E-state index contributed by atoms with van der Waals surface area (Å²) in [6.45, 7) is 5.89. The van der Waals surface area contributed by atoms with Gasteiger partial charge in [-0.2, -0.15) is 13.2 Å². The fourth-order valence-corrected chi connectivity index (χ4v) is 7.35. The van der Waals surface area contributed by atoms with E-state index < -0.39 is 37.5 Å². The molecule has 1 aromatic rings. The Kier molecular flexibility index (Phi) is 10.1. The molecule has 0 aliphatic rings. The van der Waals surface area contributed by atoms with Gasteiger partial charge >= 0.3 is 21.4 Å². The molecule has 0 saturated heterocycles. The number of hydrogen-bond acceptors (Lipinski definition) is 8. The number of nitrogens with zero attached hydrogens (tertiary/aromatic N) is 1. The molecule has 0 bridgehead atoms. The molecule has 0 aromatic carbocycles. The molecule has 0 atom stereocenters. The molecule has 0 unspecified atom stereocenters. The number of aromatic nitrogens is 1. The maximum atomic E-state index is 13.4. The minimum absolute atomic E-state index is 0.0676. The minimum atomic E-state index is -4.66. The Hall–Kier alpha value is -0.670. The quantitative estimate of drug-likeness (QED) is 0.363. The zero-order valence-electron chi connectivity index (χ0n) is 16.4. The van der Waals surface area contributed by atoms with E-state index in [1.165, 1.54) is 0 Å². The Balaban J connectivity index is 3.49. The van der Waals surface area contributed by atoms with Gasteiger partial charge in [-0.05, 0) is 33.8 Å². The monoisotopic (exact) mass is 482 g/mol. The average Bonchev–Trinajstić information content (AvgIpc) is 2.60. The van der Waals surface area contributed by atoms with E-state index in [1.54, 1.807) is 27.7 Å². The largest absolute Gasteiger partial charge is 0.417 e. The smallest absolute Gasteiger partial charge is 0.345 e. The van der Waals surface area contributed by atoms with Gasteiger partial charge in [0.05, 0.1) is 37.0 Å². The van der Waals surface area contributed by atoms with Gasteiger partial charge in [0, 0.05) is 6.20 Å². The van der Waals surface area contributed by atoms with Crippen LogP contribution in [0.5, 0.6) is 0 Å². The highest BCUT2D eigenvalue weighted by Crippen LogP contribution is 2.70. The van der Waals surface area contributed by atoms with Crippen LogP contribution in [0.2, 0.25) is 5.02 Å². The van der Waals surface area contributed by atoms with Gasteiger partial charge in [0.15, 0.2) is 0 Å². The molecule has 0 radical (unpaired) electrons. The highest BCUT2D eigenvalue weighted by molar-refractivity contribution is 7.72. The van der Waals surface area contributed by atoms with Gasteiger partial charge < -0.3 is 23.4 Å². The highest BCUT2D eigenvalue weighted by atomic mass is 35.5. The summed E-state index contributed by atoms with van der Waals surface area (Å²) in [6, 6.07) is 0.631. The second-order valence-corrected chi connectivity index (χ2v) is 10.4. The van der Waals surface area contributed by atoms with Crippen LogP contribution in [-0.2, 0) is 33.4 Å². The van der Waals surface area contributed by atoms with Crippen molar-refractivity contribution in [1.29, 1.82) is 0 Å². The van der Waals surface area contributed by atoms with Crippen molar-refractivity contribution in [2.24, 2.45) is 0 Å². The molecule has 14 heteroatoms. The first-order valence-corrected chi connectivity index (χ1v) is 12.3. The van der Waals surface area contributed by atoms with Crippen molar-refractivity contribution >= 4 is 32.6 Å². The van der Waals surface area contributed by atoms with Crippen LogP contribution in [0.4, 0.5) is 19.0 Å². The van der Waals surface area contributed by atoms with Crippen LogP contribution in [0, 0.1) is 0 Å². The number of halogens is 4. The lowest BCUT2D eigenvalue weighted by atomic mass is 10.3. The van der Waals surface area contributed by atoms with Gasteiger partial charge in [0.2, 0.25) is 5.52 Å². The Morgan fingerprint density at radius 2 is 1.41 bits per heavy atom. The van der Waals surface area contributed by atoms with Crippen LogP contribution in [-0.4, -0.2) is 36.9 Å². The van der Waals surface area contributed by atoms with E-state index in [2.05, 4.69) is 10.3 Å². The van der Waals surface area contributed by atoms with Gasteiger partial charge in [0.25, 0.3) is 0 Å². The van der Waals surface area contributed by atoms with Crippen molar-refractivity contribution in [3.8, 4) is 0 Å². The third-order valence-electron chi connectivity index (χ3n) is 3.27. The molecule has 0 aliphatic carbocycles. The van der Waals surface area contributed by atoms with Crippen LogP contribution >= 0.6 is 26.8 Å². The second-order valence-electron chi connectivity index (χ2n) is 5.32. The summed E-state index contributed by atoms with van der Waals surface area (Å²) >= 11 is 5.92. The summed E-state index contributed by atoms with van der Waals surface area (Å²) < 4.78 is 86.3.